The van der Waals surface area contributed by atoms with E-state index in [1.54, 1.807) is 23.0 Å². The molecule has 30 heavy (non-hydrogen) atoms. The lowest BCUT2D eigenvalue weighted by Gasteiger charge is -2.15. The van der Waals surface area contributed by atoms with Crippen LogP contribution in [0.3, 0.4) is 0 Å². The van der Waals surface area contributed by atoms with Gasteiger partial charge in [-0.15, -0.1) is 22.7 Å². The van der Waals surface area contributed by atoms with Gasteiger partial charge in [-0.2, -0.15) is 0 Å². The van der Waals surface area contributed by atoms with E-state index in [9.17, 15) is 9.59 Å². The summed E-state index contributed by atoms with van der Waals surface area (Å²) < 4.78 is 1.56. The van der Waals surface area contributed by atoms with Gasteiger partial charge in [0.05, 0.1) is 10.6 Å². The highest BCUT2D eigenvalue weighted by Gasteiger charge is 2.20. The SMILES string of the molecule is CC(Sc1nc2scc(-c3cccs3)c2c(=O)n1C)C(=O)NCCC1=CCCCC1. The van der Waals surface area contributed by atoms with E-state index < -0.39 is 0 Å². The van der Waals surface area contributed by atoms with E-state index in [2.05, 4.69) is 11.4 Å². The van der Waals surface area contributed by atoms with Crippen molar-refractivity contribution in [2.45, 2.75) is 49.4 Å². The number of aromatic nitrogens is 2. The van der Waals surface area contributed by atoms with Gasteiger partial charge in [0.2, 0.25) is 5.91 Å². The zero-order chi connectivity index (χ0) is 21.1. The Balaban J connectivity index is 1.45. The highest BCUT2D eigenvalue weighted by atomic mass is 32.2. The summed E-state index contributed by atoms with van der Waals surface area (Å²) >= 11 is 4.43. The minimum atomic E-state index is -0.322. The summed E-state index contributed by atoms with van der Waals surface area (Å²) in [6, 6.07) is 4.00. The first-order chi connectivity index (χ1) is 14.5. The molecule has 1 aliphatic carbocycles. The third-order valence-electron chi connectivity index (χ3n) is 5.34. The third kappa shape index (κ3) is 4.55. The lowest BCUT2D eigenvalue weighted by Crippen LogP contribution is -2.32. The fourth-order valence-corrected chi connectivity index (χ4v) is 6.31. The molecule has 1 unspecified atom stereocenters. The second-order valence-electron chi connectivity index (χ2n) is 7.47. The number of hydrogen-bond acceptors (Lipinski definition) is 6. The number of nitrogens with zero attached hydrogens (tertiary/aromatic N) is 2. The van der Waals surface area contributed by atoms with Crippen LogP contribution in [0.15, 0.2) is 44.5 Å². The lowest BCUT2D eigenvalue weighted by atomic mass is 9.97. The smallest absolute Gasteiger partial charge is 0.263 e. The van der Waals surface area contributed by atoms with Gasteiger partial charge in [-0.05, 0) is 50.5 Å². The minimum Gasteiger partial charge on any atom is -0.355 e. The topological polar surface area (TPSA) is 64.0 Å². The molecule has 0 aromatic carbocycles. The van der Waals surface area contributed by atoms with Crippen LogP contribution < -0.4 is 10.9 Å². The van der Waals surface area contributed by atoms with Gasteiger partial charge in [-0.1, -0.05) is 29.5 Å². The van der Waals surface area contributed by atoms with Crippen LogP contribution in [0.2, 0.25) is 0 Å². The summed E-state index contributed by atoms with van der Waals surface area (Å²) in [5, 5.41) is 7.95. The quantitative estimate of drug-likeness (QED) is 0.299. The number of hydrogen-bond donors (Lipinski definition) is 1. The number of carbonyl (C=O) groups is 1. The van der Waals surface area contributed by atoms with E-state index in [1.807, 2.05) is 29.8 Å². The Kier molecular flexibility index (Phi) is 6.75. The number of carbonyl (C=O) groups excluding carboxylic acids is 1. The molecule has 3 aromatic heterocycles. The van der Waals surface area contributed by atoms with Gasteiger partial charge in [-0.3, -0.25) is 14.2 Å². The third-order valence-corrected chi connectivity index (χ3v) is 8.26. The molecule has 8 heteroatoms. The molecule has 5 nitrogen and oxygen atoms in total. The molecule has 3 aromatic rings. The summed E-state index contributed by atoms with van der Waals surface area (Å²) in [6.07, 6.45) is 8.08. The van der Waals surface area contributed by atoms with Crippen LogP contribution in [0.25, 0.3) is 20.7 Å². The Morgan fingerprint density at radius 1 is 1.37 bits per heavy atom. The number of amides is 1. The molecule has 1 amide bonds. The number of nitrogens with one attached hydrogen (secondary N) is 1. The van der Waals surface area contributed by atoms with Gasteiger partial charge in [-0.25, -0.2) is 4.98 Å². The summed E-state index contributed by atoms with van der Waals surface area (Å²) in [6.45, 7) is 2.53. The summed E-state index contributed by atoms with van der Waals surface area (Å²) in [4.78, 5) is 32.1. The monoisotopic (exact) mass is 459 g/mol. The Labute approximate surface area is 188 Å². The molecule has 4 rings (SSSR count). The molecule has 158 valence electrons. The maximum atomic E-state index is 13.0. The first kappa shape index (κ1) is 21.3. The van der Waals surface area contributed by atoms with Crippen molar-refractivity contribution in [3.05, 3.63) is 44.9 Å². The van der Waals surface area contributed by atoms with E-state index in [0.29, 0.717) is 17.1 Å². The standard InChI is InChI=1S/C22H25N3O2S3/c1-14(19(26)23-11-10-15-7-4-3-5-8-15)30-22-24-20-18(21(27)25(22)2)16(13-29-20)17-9-6-12-28-17/h6-7,9,12-14H,3-5,8,10-11H2,1-2H3,(H,23,26). The minimum absolute atomic E-state index is 0.0174. The van der Waals surface area contributed by atoms with E-state index in [-0.39, 0.29) is 16.7 Å². The van der Waals surface area contributed by atoms with E-state index >= 15 is 0 Å². The second kappa shape index (κ2) is 9.49. The Hall–Kier alpha value is -1.90. The molecule has 0 saturated heterocycles. The molecule has 1 aliphatic rings. The van der Waals surface area contributed by atoms with Crippen molar-refractivity contribution in [2.24, 2.45) is 7.05 Å². The van der Waals surface area contributed by atoms with Crippen molar-refractivity contribution in [1.29, 1.82) is 0 Å². The largest absolute Gasteiger partial charge is 0.355 e. The molecule has 0 fully saturated rings. The van der Waals surface area contributed by atoms with Crippen LogP contribution in [-0.4, -0.2) is 27.3 Å². The van der Waals surface area contributed by atoms with Crippen LogP contribution >= 0.6 is 34.4 Å². The molecule has 0 bridgehead atoms. The van der Waals surface area contributed by atoms with Crippen LogP contribution in [-0.2, 0) is 11.8 Å². The molecule has 1 atom stereocenters. The van der Waals surface area contributed by atoms with Gasteiger partial charge in [0.15, 0.2) is 5.16 Å². The summed E-state index contributed by atoms with van der Waals surface area (Å²) in [7, 11) is 1.73. The van der Waals surface area contributed by atoms with Crippen LogP contribution in [0, 0.1) is 0 Å². The maximum Gasteiger partial charge on any atom is 0.263 e. The van der Waals surface area contributed by atoms with Crippen LogP contribution in [0.4, 0.5) is 0 Å². The average molecular weight is 460 g/mol. The first-order valence-electron chi connectivity index (χ1n) is 10.2. The fraction of sp³-hybridized carbons (Fsp3) is 0.409. The number of allylic oxidation sites excluding steroid dienone is 1. The normalized spacial score (nSPS) is 15.2. The fourth-order valence-electron chi connectivity index (χ4n) is 3.61. The number of rotatable bonds is 7. The molecule has 3 heterocycles. The summed E-state index contributed by atoms with van der Waals surface area (Å²) in [5.41, 5.74) is 2.33. The first-order valence-corrected chi connectivity index (χ1v) is 12.8. The molecular formula is C22H25N3O2S3. The zero-order valence-corrected chi connectivity index (χ0v) is 19.6. The van der Waals surface area contributed by atoms with Crippen molar-refractivity contribution >= 4 is 50.6 Å². The van der Waals surface area contributed by atoms with Gasteiger partial charge in [0, 0.05) is 29.4 Å². The molecule has 0 aliphatic heterocycles. The van der Waals surface area contributed by atoms with Crippen molar-refractivity contribution in [3.8, 4) is 10.4 Å². The number of thioether (sulfide) groups is 1. The number of thiophene rings is 2. The molecule has 1 N–H and O–H groups in total. The average Bonchev–Trinajstić information content (AvgIpc) is 3.42. The van der Waals surface area contributed by atoms with Crippen molar-refractivity contribution < 1.29 is 4.79 Å². The second-order valence-corrected chi connectivity index (χ2v) is 10.6. The lowest BCUT2D eigenvalue weighted by molar-refractivity contribution is -0.120. The van der Waals surface area contributed by atoms with Gasteiger partial charge >= 0.3 is 0 Å². The highest BCUT2D eigenvalue weighted by molar-refractivity contribution is 8.00. The highest BCUT2D eigenvalue weighted by Crippen LogP contribution is 2.34. The van der Waals surface area contributed by atoms with Crippen LogP contribution in [0.5, 0.6) is 0 Å². The molecule has 0 spiro atoms. The van der Waals surface area contributed by atoms with Crippen molar-refractivity contribution in [1.82, 2.24) is 14.9 Å². The predicted molar refractivity (Wildman–Crippen MR) is 128 cm³/mol. The van der Waals surface area contributed by atoms with E-state index in [0.717, 1.165) is 34.5 Å². The van der Waals surface area contributed by atoms with Gasteiger partial charge < -0.3 is 5.32 Å². The Morgan fingerprint density at radius 2 is 2.23 bits per heavy atom. The van der Waals surface area contributed by atoms with E-state index in [4.69, 9.17) is 4.98 Å². The van der Waals surface area contributed by atoms with Gasteiger partial charge in [0.1, 0.15) is 4.83 Å². The number of fused-ring (bicyclic) bond motifs is 1. The molecule has 0 saturated carbocycles. The Morgan fingerprint density at radius 3 is 2.97 bits per heavy atom. The molecular weight excluding hydrogens is 434 g/mol. The van der Waals surface area contributed by atoms with Crippen molar-refractivity contribution in [2.75, 3.05) is 6.54 Å². The molecule has 0 radical (unpaired) electrons. The Bertz CT molecular complexity index is 1130. The summed E-state index contributed by atoms with van der Waals surface area (Å²) in [5.74, 6) is -0.0174. The zero-order valence-electron chi connectivity index (χ0n) is 17.1. The maximum absolute atomic E-state index is 13.0. The van der Waals surface area contributed by atoms with Gasteiger partial charge in [0.25, 0.3) is 5.56 Å². The van der Waals surface area contributed by atoms with E-state index in [1.165, 1.54) is 41.5 Å². The van der Waals surface area contributed by atoms with Crippen LogP contribution in [0.1, 0.15) is 39.0 Å². The van der Waals surface area contributed by atoms with Crippen molar-refractivity contribution in [3.63, 3.8) is 0 Å². The predicted octanol–water partition coefficient (Wildman–Crippen LogP) is 5.21.